The number of nitrogens with two attached hydrogens (primary N) is 2. The van der Waals surface area contributed by atoms with Gasteiger partial charge in [-0.2, -0.15) is 0 Å². The van der Waals surface area contributed by atoms with Crippen molar-refractivity contribution < 1.29 is 19.1 Å². The number of carbonyl (C=O) groups is 3. The van der Waals surface area contributed by atoms with Crippen LogP contribution in [0.1, 0.15) is 33.1 Å². The lowest BCUT2D eigenvalue weighted by atomic mass is 9.91. The lowest BCUT2D eigenvalue weighted by molar-refractivity contribution is -0.153. The summed E-state index contributed by atoms with van der Waals surface area (Å²) in [6.45, 7) is 4.01. The van der Waals surface area contributed by atoms with Crippen LogP contribution in [0.4, 0.5) is 0 Å². The minimum absolute atomic E-state index is 0.0950. The fourth-order valence-corrected chi connectivity index (χ4v) is 1.68. The predicted octanol–water partition coefficient (Wildman–Crippen LogP) is -0.674. The Morgan fingerprint density at radius 1 is 1.35 bits per heavy atom. The molecule has 0 saturated carbocycles. The Balaban J connectivity index is 4.97. The maximum Gasteiger partial charge on any atom is 0.335 e. The number of methoxy groups -OCH3 is 1. The van der Waals surface area contributed by atoms with E-state index in [-0.39, 0.29) is 12.3 Å². The van der Waals surface area contributed by atoms with Gasteiger partial charge in [0.05, 0.1) is 13.2 Å². The number of ether oxygens (including phenoxy) is 1. The minimum atomic E-state index is -1.79. The fraction of sp³-hybridized carbons (Fsp3) is 0.769. The maximum absolute atomic E-state index is 12.2. The third kappa shape index (κ3) is 4.90. The third-order valence-corrected chi connectivity index (χ3v) is 3.14. The molecule has 7 heteroatoms. The highest BCUT2D eigenvalue weighted by molar-refractivity contribution is 6.07. The van der Waals surface area contributed by atoms with E-state index < -0.39 is 23.5 Å². The Bertz CT molecular complexity index is 347. The van der Waals surface area contributed by atoms with Gasteiger partial charge in [-0.15, -0.1) is 0 Å². The molecule has 0 aliphatic carbocycles. The van der Waals surface area contributed by atoms with Crippen molar-refractivity contribution in [2.75, 3.05) is 13.7 Å². The first-order chi connectivity index (χ1) is 9.33. The number of amides is 1. The van der Waals surface area contributed by atoms with Crippen molar-refractivity contribution in [3.8, 4) is 0 Å². The highest BCUT2D eigenvalue weighted by atomic mass is 16.5. The molecule has 0 aliphatic rings. The molecule has 0 heterocycles. The lowest BCUT2D eigenvalue weighted by Crippen LogP contribution is -2.62. The van der Waals surface area contributed by atoms with Crippen molar-refractivity contribution >= 4 is 18.2 Å². The van der Waals surface area contributed by atoms with Crippen LogP contribution in [-0.4, -0.2) is 43.4 Å². The summed E-state index contributed by atoms with van der Waals surface area (Å²) in [6, 6.07) is -0.690. The molecule has 0 aromatic carbocycles. The molecule has 0 aromatic heterocycles. The molecule has 0 rings (SSSR count). The van der Waals surface area contributed by atoms with Crippen LogP contribution in [0.25, 0.3) is 0 Å². The lowest BCUT2D eigenvalue weighted by Gasteiger charge is -2.27. The van der Waals surface area contributed by atoms with Crippen molar-refractivity contribution in [2.45, 2.75) is 44.7 Å². The van der Waals surface area contributed by atoms with Crippen LogP contribution in [0.3, 0.4) is 0 Å². The smallest absolute Gasteiger partial charge is 0.335 e. The number of nitrogens with one attached hydrogen (secondary N) is 1. The third-order valence-electron chi connectivity index (χ3n) is 3.14. The van der Waals surface area contributed by atoms with Crippen LogP contribution < -0.4 is 16.8 Å². The normalized spacial score (nSPS) is 15.3. The molecular weight excluding hydrogens is 262 g/mol. The average Bonchev–Trinajstić information content (AvgIpc) is 2.42. The maximum atomic E-state index is 12.2. The molecule has 20 heavy (non-hydrogen) atoms. The topological polar surface area (TPSA) is 125 Å². The molecule has 0 bridgehead atoms. The molecule has 0 fully saturated rings. The van der Waals surface area contributed by atoms with Gasteiger partial charge >= 0.3 is 5.97 Å². The number of hydrogen-bond acceptors (Lipinski definition) is 6. The van der Waals surface area contributed by atoms with Gasteiger partial charge in [-0.25, -0.2) is 4.79 Å². The van der Waals surface area contributed by atoms with E-state index in [2.05, 4.69) is 10.1 Å². The molecule has 0 aliphatic heterocycles. The second kappa shape index (κ2) is 8.65. The molecule has 2 atom stereocenters. The molecule has 0 radical (unpaired) electrons. The molecule has 0 aromatic rings. The van der Waals surface area contributed by atoms with Gasteiger partial charge in [0.25, 0.3) is 5.91 Å². The summed E-state index contributed by atoms with van der Waals surface area (Å²) in [5, 5.41) is 2.48. The number of rotatable bonds is 9. The van der Waals surface area contributed by atoms with Crippen LogP contribution in [0.2, 0.25) is 0 Å². The van der Waals surface area contributed by atoms with Crippen LogP contribution in [-0.2, 0) is 19.1 Å². The average molecular weight is 287 g/mol. The first kappa shape index (κ1) is 18.5. The summed E-state index contributed by atoms with van der Waals surface area (Å²) in [6.07, 6.45) is 1.90. The van der Waals surface area contributed by atoms with Gasteiger partial charge in [0.1, 0.15) is 6.29 Å². The number of hydrogen-bond donors (Lipinski definition) is 3. The number of esters is 1. The Morgan fingerprint density at radius 3 is 2.35 bits per heavy atom. The Labute approximate surface area is 119 Å². The number of unbranched alkanes of at least 4 members (excludes halogenated alkanes) is 1. The summed E-state index contributed by atoms with van der Waals surface area (Å²) in [5.74, 6) is -1.62. The van der Waals surface area contributed by atoms with E-state index in [0.29, 0.717) is 25.7 Å². The van der Waals surface area contributed by atoms with Crippen LogP contribution in [0, 0.1) is 5.92 Å². The van der Waals surface area contributed by atoms with E-state index in [1.54, 1.807) is 13.8 Å². The van der Waals surface area contributed by atoms with Gasteiger partial charge in [0.2, 0.25) is 0 Å². The molecule has 7 nitrogen and oxygen atoms in total. The fourth-order valence-electron chi connectivity index (χ4n) is 1.68. The second-order valence-corrected chi connectivity index (χ2v) is 5.09. The zero-order valence-electron chi connectivity index (χ0n) is 12.3. The Kier molecular flexibility index (Phi) is 8.02. The molecule has 116 valence electrons. The van der Waals surface area contributed by atoms with E-state index in [0.717, 1.165) is 0 Å². The van der Waals surface area contributed by atoms with Gasteiger partial charge < -0.3 is 26.3 Å². The van der Waals surface area contributed by atoms with Gasteiger partial charge in [-0.05, 0) is 31.7 Å². The van der Waals surface area contributed by atoms with Crippen molar-refractivity contribution in [2.24, 2.45) is 17.4 Å². The molecule has 1 amide bonds. The van der Waals surface area contributed by atoms with Crippen LogP contribution in [0.5, 0.6) is 0 Å². The summed E-state index contributed by atoms with van der Waals surface area (Å²) >= 11 is 0. The summed E-state index contributed by atoms with van der Waals surface area (Å²) in [4.78, 5) is 34.9. The molecule has 0 spiro atoms. The zero-order valence-corrected chi connectivity index (χ0v) is 12.3. The van der Waals surface area contributed by atoms with Gasteiger partial charge in [0.15, 0.2) is 5.54 Å². The summed E-state index contributed by atoms with van der Waals surface area (Å²) < 4.78 is 4.60. The largest absolute Gasteiger partial charge is 0.467 e. The van der Waals surface area contributed by atoms with Crippen molar-refractivity contribution in [3.05, 3.63) is 0 Å². The molecule has 0 saturated heterocycles. The molecule has 5 N–H and O–H groups in total. The van der Waals surface area contributed by atoms with E-state index in [9.17, 15) is 14.4 Å². The number of carbonyl (C=O) groups excluding carboxylic acids is 3. The highest BCUT2D eigenvalue weighted by Gasteiger charge is 2.43. The van der Waals surface area contributed by atoms with E-state index in [1.165, 1.54) is 7.11 Å². The van der Waals surface area contributed by atoms with Crippen molar-refractivity contribution in [1.29, 1.82) is 0 Å². The van der Waals surface area contributed by atoms with Gasteiger partial charge in [-0.1, -0.05) is 13.8 Å². The summed E-state index contributed by atoms with van der Waals surface area (Å²) in [7, 11) is 1.17. The second-order valence-electron chi connectivity index (χ2n) is 5.09. The van der Waals surface area contributed by atoms with E-state index >= 15 is 0 Å². The van der Waals surface area contributed by atoms with E-state index in [1.807, 2.05) is 0 Å². The highest BCUT2D eigenvalue weighted by Crippen LogP contribution is 2.15. The monoisotopic (exact) mass is 287 g/mol. The first-order valence-corrected chi connectivity index (χ1v) is 6.67. The van der Waals surface area contributed by atoms with Gasteiger partial charge in [0, 0.05) is 0 Å². The first-order valence-electron chi connectivity index (χ1n) is 6.67. The van der Waals surface area contributed by atoms with Gasteiger partial charge in [-0.3, -0.25) is 4.79 Å². The molecule has 0 unspecified atom stereocenters. The Morgan fingerprint density at radius 2 is 1.95 bits per heavy atom. The molecular formula is C13H25N3O4. The quantitative estimate of drug-likeness (QED) is 0.223. The minimum Gasteiger partial charge on any atom is -0.467 e. The van der Waals surface area contributed by atoms with Crippen LogP contribution >= 0.6 is 0 Å². The summed E-state index contributed by atoms with van der Waals surface area (Å²) in [5.41, 5.74) is 9.49. The van der Waals surface area contributed by atoms with Crippen LogP contribution in [0.15, 0.2) is 0 Å². The Hall–Kier alpha value is -1.47. The zero-order chi connectivity index (χ0) is 15.8. The van der Waals surface area contributed by atoms with Crippen molar-refractivity contribution in [1.82, 2.24) is 5.32 Å². The SMILES string of the molecule is COC(=O)[C@](N)(CCCCN)C(=O)N[C@H](C=O)C(C)C. The van der Waals surface area contributed by atoms with E-state index in [4.69, 9.17) is 11.5 Å². The van der Waals surface area contributed by atoms with Crippen molar-refractivity contribution in [3.63, 3.8) is 0 Å². The predicted molar refractivity (Wildman–Crippen MR) is 74.7 cm³/mol. The number of aldehydes is 1. The standard InChI is InChI=1S/C13H25N3O4/c1-9(2)10(8-17)16-11(18)13(15,12(19)20-3)6-4-5-7-14/h8-10H,4-7,14-15H2,1-3H3,(H,16,18)/t10-,13+/m1/s1.